The Morgan fingerprint density at radius 3 is 2.45 bits per heavy atom. The van der Waals surface area contributed by atoms with Crippen molar-refractivity contribution < 1.29 is 19.1 Å². The molecule has 2 aromatic heterocycles. The van der Waals surface area contributed by atoms with E-state index in [0.717, 1.165) is 46.6 Å². The summed E-state index contributed by atoms with van der Waals surface area (Å²) in [5, 5.41) is 2.69. The molecular formula is C30H34N6O4. The number of ether oxygens (including phenoxy) is 2. The summed E-state index contributed by atoms with van der Waals surface area (Å²) in [5.41, 5.74) is 4.76. The molecule has 0 saturated carbocycles. The Balaban J connectivity index is 1.36. The molecule has 0 bridgehead atoms. The maximum absolute atomic E-state index is 13.5. The summed E-state index contributed by atoms with van der Waals surface area (Å²) in [7, 11) is 2.94. The lowest BCUT2D eigenvalue weighted by Crippen LogP contribution is -2.51. The van der Waals surface area contributed by atoms with E-state index < -0.39 is 12.1 Å². The highest BCUT2D eigenvalue weighted by molar-refractivity contribution is 5.86. The number of alkyl carbamates (subject to hydrolysis) is 1. The van der Waals surface area contributed by atoms with E-state index in [4.69, 9.17) is 9.47 Å². The van der Waals surface area contributed by atoms with Crippen molar-refractivity contribution in [2.75, 3.05) is 20.8 Å². The lowest BCUT2D eigenvalue weighted by atomic mass is 10.0. The van der Waals surface area contributed by atoms with Crippen molar-refractivity contribution in [2.24, 2.45) is 5.92 Å². The van der Waals surface area contributed by atoms with Crippen LogP contribution < -0.4 is 10.1 Å². The van der Waals surface area contributed by atoms with Crippen LogP contribution in [0, 0.1) is 5.92 Å². The van der Waals surface area contributed by atoms with Crippen molar-refractivity contribution in [2.45, 2.75) is 38.8 Å². The first kappa shape index (κ1) is 27.0. The van der Waals surface area contributed by atoms with Gasteiger partial charge in [-0.05, 0) is 42.0 Å². The van der Waals surface area contributed by atoms with Crippen molar-refractivity contribution in [3.05, 3.63) is 66.7 Å². The van der Waals surface area contributed by atoms with Crippen LogP contribution >= 0.6 is 0 Å². The van der Waals surface area contributed by atoms with Gasteiger partial charge in [0.05, 0.1) is 37.7 Å². The topological polar surface area (TPSA) is 125 Å². The summed E-state index contributed by atoms with van der Waals surface area (Å²) in [6, 6.07) is 13.4. The largest absolute Gasteiger partial charge is 0.496 e. The standard InChI is InChI=1S/C30H34N6O4/c1-18(2)26(35-30(38)40-4)29(37)36-15-5-6-24(36)23-17-33-28(34-23)22-12-11-21(16-25(22)39-3)19-7-9-20(10-8-19)27-31-13-14-32-27/h7-14,16-18,24,26H,5-6,15H2,1-4H3,(H,31,32)(H,33,34)(H,35,38)/t24-,26-/m0/s1. The van der Waals surface area contributed by atoms with Gasteiger partial charge in [0.15, 0.2) is 0 Å². The smallest absolute Gasteiger partial charge is 0.407 e. The van der Waals surface area contributed by atoms with Crippen LogP contribution in [0.4, 0.5) is 4.79 Å². The number of benzene rings is 2. The molecule has 0 spiro atoms. The molecule has 10 nitrogen and oxygen atoms in total. The lowest BCUT2D eigenvalue weighted by Gasteiger charge is -2.30. The second-order valence-corrected chi connectivity index (χ2v) is 10.2. The summed E-state index contributed by atoms with van der Waals surface area (Å²) in [4.78, 5) is 42.6. The molecule has 40 heavy (non-hydrogen) atoms. The average Bonchev–Trinajstić information content (AvgIpc) is 3.77. The molecule has 5 rings (SSSR count). The van der Waals surface area contributed by atoms with E-state index in [9.17, 15) is 9.59 Å². The first-order valence-corrected chi connectivity index (χ1v) is 13.4. The molecule has 1 saturated heterocycles. The number of aromatic nitrogens is 4. The molecule has 2 amide bonds. The monoisotopic (exact) mass is 542 g/mol. The quantitative estimate of drug-likeness (QED) is 0.282. The average molecular weight is 543 g/mol. The third kappa shape index (κ3) is 5.42. The van der Waals surface area contributed by atoms with Crippen LogP contribution in [0.1, 0.15) is 38.4 Å². The molecular weight excluding hydrogens is 508 g/mol. The number of nitrogens with one attached hydrogen (secondary N) is 3. The highest BCUT2D eigenvalue weighted by atomic mass is 16.5. The molecule has 10 heteroatoms. The van der Waals surface area contributed by atoms with Crippen LogP contribution in [0.3, 0.4) is 0 Å². The van der Waals surface area contributed by atoms with Crippen molar-refractivity contribution in [3.63, 3.8) is 0 Å². The third-order valence-corrected chi connectivity index (χ3v) is 7.33. The molecule has 3 N–H and O–H groups in total. The van der Waals surface area contributed by atoms with Gasteiger partial charge in [0.2, 0.25) is 5.91 Å². The molecule has 4 aromatic rings. The van der Waals surface area contributed by atoms with Gasteiger partial charge in [-0.3, -0.25) is 4.79 Å². The van der Waals surface area contributed by atoms with Gasteiger partial charge in [0.1, 0.15) is 23.4 Å². The van der Waals surface area contributed by atoms with Crippen molar-refractivity contribution in [1.29, 1.82) is 0 Å². The van der Waals surface area contributed by atoms with Gasteiger partial charge in [-0.25, -0.2) is 14.8 Å². The number of carbonyl (C=O) groups is 2. The van der Waals surface area contributed by atoms with Crippen LogP contribution in [0.25, 0.3) is 33.9 Å². The summed E-state index contributed by atoms with van der Waals surface area (Å²) >= 11 is 0. The molecule has 0 unspecified atom stereocenters. The van der Waals surface area contributed by atoms with Gasteiger partial charge in [-0.2, -0.15) is 0 Å². The Morgan fingerprint density at radius 2 is 1.77 bits per heavy atom. The molecule has 3 heterocycles. The molecule has 2 aromatic carbocycles. The normalized spacial score (nSPS) is 15.7. The summed E-state index contributed by atoms with van der Waals surface area (Å²) in [6.45, 7) is 4.42. The minimum atomic E-state index is -0.670. The molecule has 1 aliphatic rings. The van der Waals surface area contributed by atoms with Gasteiger partial charge in [-0.15, -0.1) is 0 Å². The number of likely N-dealkylation sites (tertiary alicyclic amines) is 1. The zero-order valence-electron chi connectivity index (χ0n) is 23.1. The number of nitrogens with zero attached hydrogens (tertiary/aromatic N) is 3. The van der Waals surface area contributed by atoms with Gasteiger partial charge in [0, 0.05) is 24.5 Å². The van der Waals surface area contributed by atoms with Crippen LogP contribution in [0.2, 0.25) is 0 Å². The van der Waals surface area contributed by atoms with E-state index >= 15 is 0 Å². The first-order valence-electron chi connectivity index (χ1n) is 13.4. The SMILES string of the molecule is COC(=O)N[C@H](C(=O)N1CCC[C@H]1c1cnc(-c2ccc(-c3ccc(-c4ncc[nH]4)cc3)cc2OC)[nH]1)C(C)C. The van der Waals surface area contributed by atoms with Gasteiger partial charge in [-0.1, -0.05) is 44.2 Å². The number of hydrogen-bond donors (Lipinski definition) is 3. The Bertz CT molecular complexity index is 1460. The second kappa shape index (κ2) is 11.6. The van der Waals surface area contributed by atoms with E-state index in [2.05, 4.69) is 37.4 Å². The Morgan fingerprint density at radius 1 is 1.02 bits per heavy atom. The fourth-order valence-corrected chi connectivity index (χ4v) is 5.18. The van der Waals surface area contributed by atoms with Gasteiger partial charge >= 0.3 is 6.09 Å². The molecule has 1 fully saturated rings. The van der Waals surface area contributed by atoms with Crippen molar-refractivity contribution in [3.8, 4) is 39.7 Å². The number of amides is 2. The van der Waals surface area contributed by atoms with Gasteiger partial charge < -0.3 is 29.7 Å². The molecule has 208 valence electrons. The van der Waals surface area contributed by atoms with Crippen LogP contribution in [0.15, 0.2) is 61.1 Å². The number of H-pyrrole nitrogens is 2. The minimum Gasteiger partial charge on any atom is -0.496 e. The fourth-order valence-electron chi connectivity index (χ4n) is 5.18. The predicted octanol–water partition coefficient (Wildman–Crippen LogP) is 5.19. The van der Waals surface area contributed by atoms with Crippen LogP contribution in [-0.2, 0) is 9.53 Å². The molecule has 0 radical (unpaired) electrons. The molecule has 1 aliphatic heterocycles. The number of methoxy groups -OCH3 is 2. The maximum atomic E-state index is 13.5. The number of hydrogen-bond acceptors (Lipinski definition) is 6. The third-order valence-electron chi connectivity index (χ3n) is 7.33. The van der Waals surface area contributed by atoms with Crippen LogP contribution in [-0.4, -0.2) is 63.6 Å². The number of aromatic amines is 2. The second-order valence-electron chi connectivity index (χ2n) is 10.2. The van der Waals surface area contributed by atoms with Crippen molar-refractivity contribution in [1.82, 2.24) is 30.2 Å². The zero-order chi connectivity index (χ0) is 28.2. The number of imidazole rings is 2. The highest BCUT2D eigenvalue weighted by Crippen LogP contribution is 2.36. The predicted molar refractivity (Wildman–Crippen MR) is 151 cm³/mol. The van der Waals surface area contributed by atoms with Crippen LogP contribution in [0.5, 0.6) is 5.75 Å². The minimum absolute atomic E-state index is 0.0886. The number of rotatable bonds is 8. The number of carbonyl (C=O) groups excluding carboxylic acids is 2. The lowest BCUT2D eigenvalue weighted by molar-refractivity contribution is -0.135. The van der Waals surface area contributed by atoms with Crippen molar-refractivity contribution >= 4 is 12.0 Å². The Kier molecular flexibility index (Phi) is 7.86. The Hall–Kier alpha value is -4.60. The molecule has 0 aliphatic carbocycles. The zero-order valence-corrected chi connectivity index (χ0v) is 23.1. The van der Waals surface area contributed by atoms with E-state index in [1.54, 1.807) is 25.7 Å². The van der Waals surface area contributed by atoms with E-state index in [1.807, 2.05) is 49.1 Å². The van der Waals surface area contributed by atoms with E-state index in [0.29, 0.717) is 18.1 Å². The highest BCUT2D eigenvalue weighted by Gasteiger charge is 2.37. The summed E-state index contributed by atoms with van der Waals surface area (Å²) in [5.74, 6) is 1.97. The maximum Gasteiger partial charge on any atom is 0.407 e. The van der Waals surface area contributed by atoms with Gasteiger partial charge in [0.25, 0.3) is 0 Å². The first-order chi connectivity index (χ1) is 19.4. The fraction of sp³-hybridized carbons (Fsp3) is 0.333. The summed E-state index contributed by atoms with van der Waals surface area (Å²) in [6.07, 6.45) is 6.38. The molecule has 2 atom stereocenters. The summed E-state index contributed by atoms with van der Waals surface area (Å²) < 4.78 is 10.5. The van der Waals surface area contributed by atoms with E-state index in [-0.39, 0.29) is 17.9 Å². The van der Waals surface area contributed by atoms with E-state index in [1.165, 1.54) is 7.11 Å². The Labute approximate surface area is 233 Å².